The number of likely N-dealkylation sites (N-methyl/N-ethyl adjacent to an activating group) is 1. The van der Waals surface area contributed by atoms with E-state index in [-0.39, 0.29) is 0 Å². The summed E-state index contributed by atoms with van der Waals surface area (Å²) in [5, 5.41) is 3.39. The largest absolute Gasteiger partial charge is 0.318 e. The first-order valence-corrected chi connectivity index (χ1v) is 8.43. The molecule has 2 saturated heterocycles. The van der Waals surface area contributed by atoms with Crippen LogP contribution >= 0.6 is 0 Å². The topological polar surface area (TPSA) is 18.5 Å². The number of fused-ring (bicyclic) bond motifs is 1. The Morgan fingerprint density at radius 2 is 2.00 bits per heavy atom. The molecule has 1 N–H and O–H groups in total. The predicted molar refractivity (Wildman–Crippen MR) is 88.4 cm³/mol. The highest BCUT2D eigenvalue weighted by molar-refractivity contribution is 5.20. The fraction of sp³-hybridized carbons (Fsp3) is 0.667. The molecule has 0 saturated carbocycles. The molecule has 2 heterocycles. The van der Waals surface area contributed by atoms with Crippen LogP contribution in [0, 0.1) is 5.92 Å². The van der Waals surface area contributed by atoms with E-state index in [1.165, 1.54) is 44.5 Å². The summed E-state index contributed by atoms with van der Waals surface area (Å²) in [5.41, 5.74) is 1.45. The van der Waals surface area contributed by atoms with Gasteiger partial charge >= 0.3 is 0 Å². The lowest BCUT2D eigenvalue weighted by Gasteiger charge is -2.48. The van der Waals surface area contributed by atoms with Crippen molar-refractivity contribution >= 4 is 0 Å². The average Bonchev–Trinajstić information content (AvgIpc) is 2.53. The van der Waals surface area contributed by atoms with Crippen molar-refractivity contribution < 1.29 is 0 Å². The molecular weight excluding hydrogens is 258 g/mol. The summed E-state index contributed by atoms with van der Waals surface area (Å²) in [6.45, 7) is 4.82. The van der Waals surface area contributed by atoms with Crippen molar-refractivity contribution in [2.45, 2.75) is 31.3 Å². The van der Waals surface area contributed by atoms with Gasteiger partial charge in [-0.3, -0.25) is 4.90 Å². The zero-order valence-electron chi connectivity index (χ0n) is 13.5. The Labute approximate surface area is 129 Å². The summed E-state index contributed by atoms with van der Waals surface area (Å²) >= 11 is 0. The third-order valence-electron chi connectivity index (χ3n) is 5.40. The molecule has 1 aromatic carbocycles. The molecule has 21 heavy (non-hydrogen) atoms. The number of hydrogen-bond donors (Lipinski definition) is 1. The minimum atomic E-state index is 0.518. The van der Waals surface area contributed by atoms with Crippen molar-refractivity contribution in [1.82, 2.24) is 15.1 Å². The molecule has 3 atom stereocenters. The van der Waals surface area contributed by atoms with Gasteiger partial charge in [-0.1, -0.05) is 30.3 Å². The van der Waals surface area contributed by atoms with Gasteiger partial charge in [-0.2, -0.15) is 0 Å². The molecule has 1 aromatic rings. The standard InChI is InChI=1S/C18H29N3/c1-19-13-18(15-7-4-3-5-8-15)21-12-10-17-16(14-21)9-6-11-20(17)2/h3-5,7-8,16-19H,6,9-14H2,1-2H3. The van der Waals surface area contributed by atoms with Gasteiger partial charge in [-0.05, 0) is 51.4 Å². The summed E-state index contributed by atoms with van der Waals surface area (Å²) in [6.07, 6.45) is 4.11. The van der Waals surface area contributed by atoms with Crippen molar-refractivity contribution in [3.63, 3.8) is 0 Å². The van der Waals surface area contributed by atoms with Crippen molar-refractivity contribution in [3.05, 3.63) is 35.9 Å². The fourth-order valence-corrected chi connectivity index (χ4v) is 4.29. The molecule has 2 fully saturated rings. The quantitative estimate of drug-likeness (QED) is 0.917. The molecule has 0 bridgehead atoms. The lowest BCUT2D eigenvalue weighted by molar-refractivity contribution is 0.0199. The number of nitrogens with zero attached hydrogens (tertiary/aromatic N) is 2. The maximum absolute atomic E-state index is 3.39. The molecule has 2 aliphatic rings. The summed E-state index contributed by atoms with van der Waals surface area (Å²) in [6, 6.07) is 12.3. The number of nitrogens with one attached hydrogen (secondary N) is 1. The first-order valence-electron chi connectivity index (χ1n) is 8.43. The van der Waals surface area contributed by atoms with Crippen LogP contribution in [0.4, 0.5) is 0 Å². The van der Waals surface area contributed by atoms with E-state index in [0.717, 1.165) is 18.5 Å². The second-order valence-electron chi connectivity index (χ2n) is 6.72. The van der Waals surface area contributed by atoms with Crippen LogP contribution in [0.25, 0.3) is 0 Å². The van der Waals surface area contributed by atoms with Crippen LogP contribution in [-0.4, -0.2) is 56.1 Å². The summed E-state index contributed by atoms with van der Waals surface area (Å²) < 4.78 is 0. The van der Waals surface area contributed by atoms with Crippen LogP contribution in [0.2, 0.25) is 0 Å². The van der Waals surface area contributed by atoms with Crippen LogP contribution in [0.3, 0.4) is 0 Å². The normalized spacial score (nSPS) is 29.0. The van der Waals surface area contributed by atoms with E-state index in [9.17, 15) is 0 Å². The van der Waals surface area contributed by atoms with Crippen LogP contribution in [0.15, 0.2) is 30.3 Å². The van der Waals surface area contributed by atoms with E-state index >= 15 is 0 Å². The Morgan fingerprint density at radius 1 is 1.19 bits per heavy atom. The average molecular weight is 287 g/mol. The molecule has 3 rings (SSSR count). The highest BCUT2D eigenvalue weighted by Crippen LogP contribution is 2.33. The first kappa shape index (κ1) is 15.0. The maximum atomic E-state index is 3.39. The molecular formula is C18H29N3. The van der Waals surface area contributed by atoms with Gasteiger partial charge < -0.3 is 10.2 Å². The molecule has 0 aliphatic carbocycles. The lowest BCUT2D eigenvalue weighted by Crippen LogP contribution is -2.54. The van der Waals surface area contributed by atoms with E-state index < -0.39 is 0 Å². The second-order valence-corrected chi connectivity index (χ2v) is 6.72. The van der Waals surface area contributed by atoms with Crippen LogP contribution in [0.5, 0.6) is 0 Å². The summed E-state index contributed by atoms with van der Waals surface area (Å²) in [4.78, 5) is 5.31. The van der Waals surface area contributed by atoms with Gasteiger partial charge in [-0.25, -0.2) is 0 Å². The Bertz CT molecular complexity index is 433. The zero-order chi connectivity index (χ0) is 14.7. The van der Waals surface area contributed by atoms with E-state index in [2.05, 4.69) is 59.5 Å². The summed E-state index contributed by atoms with van der Waals surface area (Å²) in [7, 11) is 4.38. The third kappa shape index (κ3) is 3.31. The molecule has 0 aromatic heterocycles. The monoisotopic (exact) mass is 287 g/mol. The van der Waals surface area contributed by atoms with Gasteiger partial charge in [0.05, 0.1) is 0 Å². The molecule has 0 radical (unpaired) electrons. The summed E-state index contributed by atoms with van der Waals surface area (Å²) in [5.74, 6) is 0.862. The van der Waals surface area contributed by atoms with Crippen molar-refractivity contribution in [2.75, 3.05) is 40.3 Å². The lowest BCUT2D eigenvalue weighted by atomic mass is 9.83. The maximum Gasteiger partial charge on any atom is 0.0472 e. The smallest absolute Gasteiger partial charge is 0.0472 e. The van der Waals surface area contributed by atoms with Crippen LogP contribution in [0.1, 0.15) is 30.9 Å². The minimum absolute atomic E-state index is 0.518. The molecule has 0 spiro atoms. The Morgan fingerprint density at radius 3 is 2.76 bits per heavy atom. The minimum Gasteiger partial charge on any atom is -0.318 e. The Balaban J connectivity index is 1.72. The van der Waals surface area contributed by atoms with E-state index in [1.807, 2.05) is 0 Å². The molecule has 3 heteroatoms. The predicted octanol–water partition coefficient (Wildman–Crippen LogP) is 2.36. The number of likely N-dealkylation sites (tertiary alicyclic amines) is 2. The Kier molecular flexibility index (Phi) is 4.94. The van der Waals surface area contributed by atoms with Gasteiger partial charge in [0.15, 0.2) is 0 Å². The Hall–Kier alpha value is -0.900. The molecule has 2 aliphatic heterocycles. The van der Waals surface area contributed by atoms with Gasteiger partial charge in [0.1, 0.15) is 0 Å². The van der Waals surface area contributed by atoms with Gasteiger partial charge in [0, 0.05) is 31.7 Å². The van der Waals surface area contributed by atoms with E-state index in [0.29, 0.717) is 6.04 Å². The number of hydrogen-bond acceptors (Lipinski definition) is 3. The fourth-order valence-electron chi connectivity index (χ4n) is 4.29. The van der Waals surface area contributed by atoms with Crippen molar-refractivity contribution in [3.8, 4) is 0 Å². The molecule has 116 valence electrons. The van der Waals surface area contributed by atoms with Crippen LogP contribution < -0.4 is 5.32 Å². The highest BCUT2D eigenvalue weighted by Gasteiger charge is 2.36. The SMILES string of the molecule is CNCC(c1ccccc1)N1CCC2C(CCCN2C)C1. The first-order chi connectivity index (χ1) is 10.3. The van der Waals surface area contributed by atoms with Crippen LogP contribution in [-0.2, 0) is 0 Å². The van der Waals surface area contributed by atoms with E-state index in [4.69, 9.17) is 0 Å². The molecule has 3 unspecified atom stereocenters. The highest BCUT2D eigenvalue weighted by atomic mass is 15.2. The van der Waals surface area contributed by atoms with Crippen molar-refractivity contribution in [2.24, 2.45) is 5.92 Å². The third-order valence-corrected chi connectivity index (χ3v) is 5.40. The molecule has 0 amide bonds. The van der Waals surface area contributed by atoms with Gasteiger partial charge in [0.2, 0.25) is 0 Å². The van der Waals surface area contributed by atoms with Gasteiger partial charge in [0.25, 0.3) is 0 Å². The number of benzene rings is 1. The molecule has 3 nitrogen and oxygen atoms in total. The zero-order valence-corrected chi connectivity index (χ0v) is 13.5. The van der Waals surface area contributed by atoms with Gasteiger partial charge in [-0.15, -0.1) is 0 Å². The van der Waals surface area contributed by atoms with Crippen molar-refractivity contribution in [1.29, 1.82) is 0 Å². The number of rotatable bonds is 4. The second kappa shape index (κ2) is 6.91. The van der Waals surface area contributed by atoms with E-state index in [1.54, 1.807) is 0 Å². The number of piperidine rings is 2.